The second kappa shape index (κ2) is 6.48. The second-order valence-electron chi connectivity index (χ2n) is 4.97. The van der Waals surface area contributed by atoms with E-state index in [0.29, 0.717) is 12.1 Å². The Morgan fingerprint density at radius 3 is 2.61 bits per heavy atom. The molecule has 0 bridgehead atoms. The Kier molecular flexibility index (Phi) is 4.95. The summed E-state index contributed by atoms with van der Waals surface area (Å²) in [5.41, 5.74) is 2.73. The molecule has 1 N–H and O–H groups in total. The van der Waals surface area contributed by atoms with E-state index in [1.165, 1.54) is 29.2 Å². The van der Waals surface area contributed by atoms with Gasteiger partial charge < -0.3 is 10.2 Å². The Balaban J connectivity index is 2.06. The van der Waals surface area contributed by atoms with Gasteiger partial charge >= 0.3 is 0 Å². The SMILES string of the molecule is CCC(NC)c1ccc(N(C)C2CCSC2)cc1. The van der Waals surface area contributed by atoms with Gasteiger partial charge in [-0.1, -0.05) is 19.1 Å². The highest BCUT2D eigenvalue weighted by molar-refractivity contribution is 7.99. The van der Waals surface area contributed by atoms with Crippen molar-refractivity contribution in [2.24, 2.45) is 0 Å². The fourth-order valence-corrected chi connectivity index (χ4v) is 3.85. The van der Waals surface area contributed by atoms with E-state index < -0.39 is 0 Å². The van der Waals surface area contributed by atoms with Crippen LogP contribution >= 0.6 is 11.8 Å². The average Bonchev–Trinajstić information content (AvgIpc) is 2.94. The second-order valence-corrected chi connectivity index (χ2v) is 6.12. The van der Waals surface area contributed by atoms with Gasteiger partial charge in [0, 0.05) is 30.6 Å². The highest BCUT2D eigenvalue weighted by Crippen LogP contribution is 2.27. The molecule has 100 valence electrons. The van der Waals surface area contributed by atoms with Gasteiger partial charge in [0.05, 0.1) is 0 Å². The number of hydrogen-bond acceptors (Lipinski definition) is 3. The average molecular weight is 264 g/mol. The van der Waals surface area contributed by atoms with Crippen LogP contribution in [0.2, 0.25) is 0 Å². The van der Waals surface area contributed by atoms with E-state index >= 15 is 0 Å². The molecule has 0 aliphatic carbocycles. The molecule has 1 aromatic carbocycles. The minimum absolute atomic E-state index is 0.478. The lowest BCUT2D eigenvalue weighted by molar-refractivity contribution is 0.577. The van der Waals surface area contributed by atoms with Crippen LogP contribution < -0.4 is 10.2 Å². The molecule has 1 fully saturated rings. The molecule has 2 unspecified atom stereocenters. The number of nitrogens with one attached hydrogen (secondary N) is 1. The first-order valence-corrected chi connectivity index (χ1v) is 7.99. The van der Waals surface area contributed by atoms with Crippen molar-refractivity contribution >= 4 is 17.4 Å². The summed E-state index contributed by atoms with van der Waals surface area (Å²) in [6, 6.07) is 10.2. The van der Waals surface area contributed by atoms with E-state index in [2.05, 4.69) is 60.2 Å². The topological polar surface area (TPSA) is 15.3 Å². The Labute approximate surface area is 115 Å². The van der Waals surface area contributed by atoms with Gasteiger partial charge in [0.25, 0.3) is 0 Å². The van der Waals surface area contributed by atoms with Gasteiger partial charge in [-0.05, 0) is 43.3 Å². The molecule has 1 heterocycles. The number of benzene rings is 1. The van der Waals surface area contributed by atoms with Gasteiger partial charge in [-0.25, -0.2) is 0 Å². The van der Waals surface area contributed by atoms with Crippen LogP contribution in [0.25, 0.3) is 0 Å². The predicted molar refractivity (Wildman–Crippen MR) is 82.7 cm³/mol. The molecule has 1 aliphatic heterocycles. The van der Waals surface area contributed by atoms with Gasteiger partial charge in [0.15, 0.2) is 0 Å². The highest BCUT2D eigenvalue weighted by atomic mass is 32.2. The largest absolute Gasteiger partial charge is 0.371 e. The monoisotopic (exact) mass is 264 g/mol. The number of hydrogen-bond donors (Lipinski definition) is 1. The van der Waals surface area contributed by atoms with Crippen LogP contribution in [0.3, 0.4) is 0 Å². The van der Waals surface area contributed by atoms with Crippen molar-refractivity contribution in [3.05, 3.63) is 29.8 Å². The molecule has 1 aliphatic rings. The zero-order chi connectivity index (χ0) is 13.0. The molecule has 2 nitrogen and oxygen atoms in total. The first-order valence-electron chi connectivity index (χ1n) is 6.84. The van der Waals surface area contributed by atoms with E-state index in [4.69, 9.17) is 0 Å². The van der Waals surface area contributed by atoms with Gasteiger partial charge in [-0.15, -0.1) is 0 Å². The number of rotatable bonds is 5. The molecular weight excluding hydrogens is 240 g/mol. The molecule has 2 atom stereocenters. The lowest BCUT2D eigenvalue weighted by Gasteiger charge is -2.26. The lowest BCUT2D eigenvalue weighted by Crippen LogP contribution is -2.31. The van der Waals surface area contributed by atoms with Crippen molar-refractivity contribution in [2.45, 2.75) is 31.8 Å². The summed E-state index contributed by atoms with van der Waals surface area (Å²) in [6.45, 7) is 2.22. The zero-order valence-corrected chi connectivity index (χ0v) is 12.5. The molecule has 0 amide bonds. The van der Waals surface area contributed by atoms with E-state index in [1.807, 2.05) is 7.05 Å². The van der Waals surface area contributed by atoms with E-state index in [-0.39, 0.29) is 0 Å². The van der Waals surface area contributed by atoms with E-state index in [0.717, 1.165) is 6.42 Å². The molecule has 0 radical (unpaired) electrons. The van der Waals surface area contributed by atoms with Crippen LogP contribution in [0, 0.1) is 0 Å². The Morgan fingerprint density at radius 2 is 2.11 bits per heavy atom. The van der Waals surface area contributed by atoms with Crippen molar-refractivity contribution in [1.29, 1.82) is 0 Å². The third kappa shape index (κ3) is 3.01. The molecule has 0 aromatic heterocycles. The van der Waals surface area contributed by atoms with E-state index in [9.17, 15) is 0 Å². The first-order chi connectivity index (χ1) is 8.76. The number of nitrogens with zero attached hydrogens (tertiary/aromatic N) is 1. The summed E-state index contributed by atoms with van der Waals surface area (Å²) >= 11 is 2.07. The maximum absolute atomic E-state index is 3.35. The summed E-state index contributed by atoms with van der Waals surface area (Å²) in [5.74, 6) is 2.58. The lowest BCUT2D eigenvalue weighted by atomic mass is 10.0. The predicted octanol–water partition coefficient (Wildman–Crippen LogP) is 3.30. The Morgan fingerprint density at radius 1 is 1.39 bits per heavy atom. The summed E-state index contributed by atoms with van der Waals surface area (Å²) in [4.78, 5) is 2.43. The van der Waals surface area contributed by atoms with Crippen molar-refractivity contribution in [3.8, 4) is 0 Å². The minimum atomic E-state index is 0.478. The zero-order valence-electron chi connectivity index (χ0n) is 11.6. The van der Waals surface area contributed by atoms with Crippen LogP contribution in [0.4, 0.5) is 5.69 Å². The van der Waals surface area contributed by atoms with Gasteiger partial charge in [-0.2, -0.15) is 11.8 Å². The van der Waals surface area contributed by atoms with Gasteiger partial charge in [0.1, 0.15) is 0 Å². The minimum Gasteiger partial charge on any atom is -0.371 e. The van der Waals surface area contributed by atoms with Gasteiger partial charge in [-0.3, -0.25) is 0 Å². The maximum Gasteiger partial charge on any atom is 0.0385 e. The van der Waals surface area contributed by atoms with Gasteiger partial charge in [0.2, 0.25) is 0 Å². The molecular formula is C15H24N2S. The summed E-state index contributed by atoms with van der Waals surface area (Å²) in [5, 5.41) is 3.35. The Hall–Kier alpha value is -0.670. The van der Waals surface area contributed by atoms with Crippen LogP contribution in [-0.4, -0.2) is 31.6 Å². The normalized spacial score (nSPS) is 20.9. The van der Waals surface area contributed by atoms with Crippen LogP contribution in [0.5, 0.6) is 0 Å². The summed E-state index contributed by atoms with van der Waals surface area (Å²) in [6.07, 6.45) is 2.45. The summed E-state index contributed by atoms with van der Waals surface area (Å²) < 4.78 is 0. The van der Waals surface area contributed by atoms with E-state index in [1.54, 1.807) is 0 Å². The Bertz CT molecular complexity index is 353. The maximum atomic E-state index is 3.35. The molecule has 1 aromatic rings. The van der Waals surface area contributed by atoms with Crippen LogP contribution in [0.1, 0.15) is 31.4 Å². The third-order valence-electron chi connectivity index (χ3n) is 3.91. The fourth-order valence-electron chi connectivity index (χ4n) is 2.59. The molecule has 0 spiro atoms. The van der Waals surface area contributed by atoms with Crippen molar-refractivity contribution in [2.75, 3.05) is 30.5 Å². The molecule has 1 saturated heterocycles. The third-order valence-corrected chi connectivity index (χ3v) is 5.06. The summed E-state index contributed by atoms with van der Waals surface area (Å²) in [7, 11) is 4.25. The van der Waals surface area contributed by atoms with Crippen molar-refractivity contribution in [1.82, 2.24) is 5.32 Å². The standard InChI is InChI=1S/C15H24N2S/c1-4-15(16-2)12-5-7-13(8-6-12)17(3)14-9-10-18-11-14/h5-8,14-16H,4,9-11H2,1-3H3. The molecule has 0 saturated carbocycles. The van der Waals surface area contributed by atoms with Crippen LogP contribution in [0.15, 0.2) is 24.3 Å². The molecule has 2 rings (SSSR count). The quantitative estimate of drug-likeness (QED) is 0.878. The van der Waals surface area contributed by atoms with Crippen molar-refractivity contribution < 1.29 is 0 Å². The fraction of sp³-hybridized carbons (Fsp3) is 0.600. The first kappa shape index (κ1) is 13.8. The number of anilines is 1. The van der Waals surface area contributed by atoms with Crippen LogP contribution in [-0.2, 0) is 0 Å². The highest BCUT2D eigenvalue weighted by Gasteiger charge is 2.20. The smallest absolute Gasteiger partial charge is 0.0385 e. The number of thioether (sulfide) groups is 1. The molecule has 3 heteroatoms. The molecule has 18 heavy (non-hydrogen) atoms. The van der Waals surface area contributed by atoms with Crippen molar-refractivity contribution in [3.63, 3.8) is 0 Å².